The number of ether oxygens (including phenoxy) is 1. The van der Waals surface area contributed by atoms with Crippen LogP contribution >= 0.6 is 0 Å². The van der Waals surface area contributed by atoms with Crippen LogP contribution in [-0.2, 0) is 7.05 Å². The minimum Gasteiger partial charge on any atom is -0.435 e. The predicted molar refractivity (Wildman–Crippen MR) is 67.2 cm³/mol. The van der Waals surface area contributed by atoms with Crippen molar-refractivity contribution < 1.29 is 4.74 Å². The maximum Gasteiger partial charge on any atom is 0.230 e. The molecule has 0 saturated carbocycles. The van der Waals surface area contributed by atoms with E-state index >= 15 is 0 Å². The summed E-state index contributed by atoms with van der Waals surface area (Å²) in [5, 5.41) is 4.81. The molecule has 0 fully saturated rings. The first-order chi connectivity index (χ1) is 8.72. The lowest BCUT2D eigenvalue weighted by molar-refractivity contribution is 0.467. The van der Waals surface area contributed by atoms with E-state index in [1.165, 1.54) is 6.33 Å². The molecule has 1 aromatic carbocycles. The molecule has 2 heterocycles. The lowest BCUT2D eigenvalue weighted by Crippen LogP contribution is -1.92. The Morgan fingerprint density at radius 3 is 2.94 bits per heavy atom. The standard InChI is InChI=1S/C12H11N5O/c1-17-6-9(5-16-17)18-12-10-4-8(13)2-3-11(10)14-7-15-12/h2-7H,13H2,1H3. The molecule has 0 spiro atoms. The molecule has 0 atom stereocenters. The first-order valence-electron chi connectivity index (χ1n) is 5.39. The molecule has 6 nitrogen and oxygen atoms in total. The molecule has 0 amide bonds. The Hall–Kier alpha value is -2.63. The lowest BCUT2D eigenvalue weighted by atomic mass is 10.2. The van der Waals surface area contributed by atoms with Crippen molar-refractivity contribution in [2.24, 2.45) is 7.05 Å². The molecular formula is C12H11N5O. The van der Waals surface area contributed by atoms with E-state index in [2.05, 4.69) is 15.1 Å². The van der Waals surface area contributed by atoms with E-state index < -0.39 is 0 Å². The topological polar surface area (TPSA) is 78.8 Å². The van der Waals surface area contributed by atoms with Crippen LogP contribution in [-0.4, -0.2) is 19.7 Å². The fourth-order valence-corrected chi connectivity index (χ4v) is 1.70. The number of hydrogen-bond donors (Lipinski definition) is 1. The maximum atomic E-state index is 5.76. The fraction of sp³-hybridized carbons (Fsp3) is 0.0833. The van der Waals surface area contributed by atoms with Crippen molar-refractivity contribution in [3.05, 3.63) is 36.9 Å². The summed E-state index contributed by atoms with van der Waals surface area (Å²) in [6.07, 6.45) is 4.85. The molecule has 2 N–H and O–H groups in total. The van der Waals surface area contributed by atoms with Crippen LogP contribution in [0.5, 0.6) is 11.6 Å². The molecule has 3 aromatic rings. The van der Waals surface area contributed by atoms with Crippen molar-refractivity contribution in [1.29, 1.82) is 0 Å². The number of aromatic nitrogens is 4. The number of aryl methyl sites for hydroxylation is 1. The van der Waals surface area contributed by atoms with Gasteiger partial charge in [0, 0.05) is 12.7 Å². The number of nitrogens with two attached hydrogens (primary N) is 1. The van der Waals surface area contributed by atoms with Gasteiger partial charge in [0.25, 0.3) is 0 Å². The summed E-state index contributed by atoms with van der Waals surface area (Å²) >= 11 is 0. The Morgan fingerprint density at radius 2 is 2.17 bits per heavy atom. The molecule has 18 heavy (non-hydrogen) atoms. The van der Waals surface area contributed by atoms with Gasteiger partial charge in [0.15, 0.2) is 5.75 Å². The number of nitrogens with zero attached hydrogens (tertiary/aromatic N) is 4. The van der Waals surface area contributed by atoms with Crippen LogP contribution in [0.15, 0.2) is 36.9 Å². The second-order valence-electron chi connectivity index (χ2n) is 3.91. The van der Waals surface area contributed by atoms with E-state index in [1.807, 2.05) is 13.1 Å². The normalized spacial score (nSPS) is 10.7. The van der Waals surface area contributed by atoms with Gasteiger partial charge in [0.1, 0.15) is 6.33 Å². The summed E-state index contributed by atoms with van der Waals surface area (Å²) in [6.45, 7) is 0. The van der Waals surface area contributed by atoms with E-state index in [1.54, 1.807) is 29.2 Å². The monoisotopic (exact) mass is 241 g/mol. The molecule has 90 valence electrons. The van der Waals surface area contributed by atoms with Crippen molar-refractivity contribution in [3.8, 4) is 11.6 Å². The highest BCUT2D eigenvalue weighted by Crippen LogP contribution is 2.27. The zero-order valence-corrected chi connectivity index (χ0v) is 9.74. The SMILES string of the molecule is Cn1cc(Oc2ncnc3ccc(N)cc23)cn1. The smallest absolute Gasteiger partial charge is 0.230 e. The number of benzene rings is 1. The fourth-order valence-electron chi connectivity index (χ4n) is 1.70. The lowest BCUT2D eigenvalue weighted by Gasteiger charge is -2.05. The number of nitrogen functional groups attached to an aromatic ring is 1. The second-order valence-corrected chi connectivity index (χ2v) is 3.91. The molecule has 0 radical (unpaired) electrons. The molecule has 0 aliphatic heterocycles. The van der Waals surface area contributed by atoms with E-state index in [9.17, 15) is 0 Å². The van der Waals surface area contributed by atoms with Crippen molar-refractivity contribution in [3.63, 3.8) is 0 Å². The first-order valence-corrected chi connectivity index (χ1v) is 5.39. The highest BCUT2D eigenvalue weighted by molar-refractivity contribution is 5.86. The Bertz CT molecular complexity index is 707. The van der Waals surface area contributed by atoms with E-state index in [4.69, 9.17) is 10.5 Å². The van der Waals surface area contributed by atoms with Crippen LogP contribution in [0.2, 0.25) is 0 Å². The quantitative estimate of drug-likeness (QED) is 0.691. The van der Waals surface area contributed by atoms with Crippen LogP contribution < -0.4 is 10.5 Å². The minimum atomic E-state index is 0.473. The number of anilines is 1. The van der Waals surface area contributed by atoms with Crippen LogP contribution in [0.4, 0.5) is 5.69 Å². The first kappa shape index (κ1) is 10.5. The summed E-state index contributed by atoms with van der Waals surface area (Å²) in [6, 6.07) is 5.42. The molecule has 0 unspecified atom stereocenters. The van der Waals surface area contributed by atoms with Gasteiger partial charge < -0.3 is 10.5 Å². The van der Waals surface area contributed by atoms with E-state index in [0.29, 0.717) is 17.3 Å². The maximum absolute atomic E-state index is 5.76. The number of rotatable bonds is 2. The summed E-state index contributed by atoms with van der Waals surface area (Å²) in [4.78, 5) is 8.29. The van der Waals surface area contributed by atoms with Crippen molar-refractivity contribution in [2.45, 2.75) is 0 Å². The predicted octanol–water partition coefficient (Wildman–Crippen LogP) is 1.74. The molecule has 0 saturated heterocycles. The molecule has 6 heteroatoms. The summed E-state index contributed by atoms with van der Waals surface area (Å²) in [5.41, 5.74) is 7.20. The Morgan fingerprint density at radius 1 is 1.28 bits per heavy atom. The van der Waals surface area contributed by atoms with Crippen molar-refractivity contribution in [2.75, 3.05) is 5.73 Å². The van der Waals surface area contributed by atoms with Crippen molar-refractivity contribution >= 4 is 16.6 Å². The Kier molecular flexibility index (Phi) is 2.33. The van der Waals surface area contributed by atoms with Gasteiger partial charge in [-0.25, -0.2) is 9.97 Å². The summed E-state index contributed by atoms with van der Waals surface area (Å²) < 4.78 is 7.34. The molecule has 0 aliphatic rings. The zero-order valence-electron chi connectivity index (χ0n) is 9.74. The van der Waals surface area contributed by atoms with Crippen LogP contribution in [0.1, 0.15) is 0 Å². The van der Waals surface area contributed by atoms with Crippen LogP contribution in [0.25, 0.3) is 10.9 Å². The largest absolute Gasteiger partial charge is 0.435 e. The highest BCUT2D eigenvalue weighted by Gasteiger charge is 2.07. The van der Waals surface area contributed by atoms with Gasteiger partial charge in [-0.15, -0.1) is 0 Å². The highest BCUT2D eigenvalue weighted by atomic mass is 16.5. The van der Waals surface area contributed by atoms with E-state index in [-0.39, 0.29) is 0 Å². The van der Waals surface area contributed by atoms with Gasteiger partial charge in [-0.1, -0.05) is 0 Å². The number of fused-ring (bicyclic) bond motifs is 1. The van der Waals surface area contributed by atoms with Crippen LogP contribution in [0.3, 0.4) is 0 Å². The van der Waals surface area contributed by atoms with Gasteiger partial charge in [0.05, 0.1) is 23.3 Å². The van der Waals surface area contributed by atoms with Crippen molar-refractivity contribution in [1.82, 2.24) is 19.7 Å². The third-order valence-electron chi connectivity index (χ3n) is 2.52. The Labute approximate surface area is 103 Å². The summed E-state index contributed by atoms with van der Waals surface area (Å²) in [7, 11) is 1.82. The van der Waals surface area contributed by atoms with Gasteiger partial charge in [-0.2, -0.15) is 5.10 Å². The molecule has 2 aromatic heterocycles. The van der Waals surface area contributed by atoms with Gasteiger partial charge in [0.2, 0.25) is 5.88 Å². The second kappa shape index (κ2) is 3.99. The molecule has 0 bridgehead atoms. The van der Waals surface area contributed by atoms with Gasteiger partial charge in [-0.3, -0.25) is 4.68 Å². The summed E-state index contributed by atoms with van der Waals surface area (Å²) in [5.74, 6) is 1.10. The third-order valence-corrected chi connectivity index (χ3v) is 2.52. The molecule has 3 rings (SSSR count). The van der Waals surface area contributed by atoms with E-state index in [0.717, 1.165) is 10.9 Å². The average Bonchev–Trinajstić information content (AvgIpc) is 2.76. The molecular weight excluding hydrogens is 230 g/mol. The zero-order chi connectivity index (χ0) is 12.5. The van der Waals surface area contributed by atoms with Crippen LogP contribution in [0, 0.1) is 0 Å². The van der Waals surface area contributed by atoms with Gasteiger partial charge >= 0.3 is 0 Å². The number of hydrogen-bond acceptors (Lipinski definition) is 5. The minimum absolute atomic E-state index is 0.473. The Balaban J connectivity index is 2.08. The average molecular weight is 241 g/mol. The third kappa shape index (κ3) is 1.84. The molecule has 0 aliphatic carbocycles. The van der Waals surface area contributed by atoms with Gasteiger partial charge in [-0.05, 0) is 18.2 Å².